The number of hydrogen-bond donors (Lipinski definition) is 1. The van der Waals surface area contributed by atoms with Crippen molar-refractivity contribution in [3.05, 3.63) is 0 Å². The van der Waals surface area contributed by atoms with Gasteiger partial charge in [0.05, 0.1) is 0 Å². The molecule has 3 nitrogen and oxygen atoms in total. The molecule has 2 fully saturated rings. The van der Waals surface area contributed by atoms with Gasteiger partial charge in [-0.2, -0.15) is 0 Å². The molecule has 2 rings (SSSR count). The lowest BCUT2D eigenvalue weighted by atomic mass is 9.94. The van der Waals surface area contributed by atoms with E-state index in [2.05, 4.69) is 36.1 Å². The summed E-state index contributed by atoms with van der Waals surface area (Å²) >= 11 is 0. The molecule has 2 heterocycles. The zero-order chi connectivity index (χ0) is 13.7. The maximum Gasteiger partial charge on any atom is 0.0246 e. The molecule has 0 aromatic rings. The number of nitrogens with zero attached hydrogens (tertiary/aromatic N) is 2. The monoisotopic (exact) mass is 267 g/mol. The number of rotatable bonds is 5. The van der Waals surface area contributed by atoms with E-state index in [-0.39, 0.29) is 0 Å². The van der Waals surface area contributed by atoms with Crippen LogP contribution in [0.3, 0.4) is 0 Å². The van der Waals surface area contributed by atoms with Gasteiger partial charge < -0.3 is 10.2 Å². The third kappa shape index (κ3) is 4.17. The van der Waals surface area contributed by atoms with Crippen molar-refractivity contribution in [1.29, 1.82) is 0 Å². The van der Waals surface area contributed by atoms with Crippen LogP contribution in [-0.4, -0.2) is 61.7 Å². The second-order valence-corrected chi connectivity index (χ2v) is 6.60. The first-order valence-corrected chi connectivity index (χ1v) is 8.34. The molecular weight excluding hydrogens is 234 g/mol. The Bertz CT molecular complexity index is 256. The summed E-state index contributed by atoms with van der Waals surface area (Å²) in [6, 6.07) is 2.22. The van der Waals surface area contributed by atoms with Gasteiger partial charge >= 0.3 is 0 Å². The van der Waals surface area contributed by atoms with Gasteiger partial charge in [-0.15, -0.1) is 0 Å². The van der Waals surface area contributed by atoms with Crippen LogP contribution >= 0.6 is 0 Å². The Morgan fingerprint density at radius 2 is 1.84 bits per heavy atom. The first-order chi connectivity index (χ1) is 9.22. The normalized spacial score (nSPS) is 32.4. The number of piperidine rings is 2. The van der Waals surface area contributed by atoms with Crippen LogP contribution in [0.5, 0.6) is 0 Å². The fraction of sp³-hybridized carbons (Fsp3) is 1.00. The van der Waals surface area contributed by atoms with E-state index < -0.39 is 0 Å². The van der Waals surface area contributed by atoms with Crippen LogP contribution in [0.2, 0.25) is 0 Å². The minimum absolute atomic E-state index is 0.629. The van der Waals surface area contributed by atoms with Gasteiger partial charge in [0.25, 0.3) is 0 Å². The molecule has 0 bridgehead atoms. The van der Waals surface area contributed by atoms with Gasteiger partial charge in [0.2, 0.25) is 0 Å². The van der Waals surface area contributed by atoms with Crippen molar-refractivity contribution in [3.8, 4) is 0 Å². The second-order valence-electron chi connectivity index (χ2n) is 6.60. The third-order valence-electron chi connectivity index (χ3n) is 5.37. The van der Waals surface area contributed by atoms with Crippen molar-refractivity contribution in [3.63, 3.8) is 0 Å². The minimum Gasteiger partial charge on any atom is -0.316 e. The number of nitrogens with one attached hydrogen (secondary N) is 1. The summed E-state index contributed by atoms with van der Waals surface area (Å²) in [5.74, 6) is 0. The number of hydrogen-bond acceptors (Lipinski definition) is 3. The third-order valence-corrected chi connectivity index (χ3v) is 5.37. The van der Waals surface area contributed by atoms with E-state index in [1.54, 1.807) is 0 Å². The van der Waals surface area contributed by atoms with Gasteiger partial charge in [-0.05, 0) is 72.8 Å². The molecule has 1 N–H and O–H groups in total. The molecule has 0 radical (unpaired) electrons. The summed E-state index contributed by atoms with van der Waals surface area (Å²) in [5.41, 5.74) is 0. The summed E-state index contributed by atoms with van der Waals surface area (Å²) in [5, 5.41) is 3.46. The van der Waals surface area contributed by atoms with E-state index in [1.807, 2.05) is 0 Å². The summed E-state index contributed by atoms with van der Waals surface area (Å²) in [6.07, 6.45) is 9.80. The maximum atomic E-state index is 3.46. The van der Waals surface area contributed by atoms with Crippen LogP contribution in [0.15, 0.2) is 0 Å². The lowest BCUT2D eigenvalue weighted by molar-refractivity contribution is 0.0963. The lowest BCUT2D eigenvalue weighted by Crippen LogP contribution is -2.51. The van der Waals surface area contributed by atoms with Gasteiger partial charge in [0.1, 0.15) is 0 Å². The Hall–Kier alpha value is -0.120. The van der Waals surface area contributed by atoms with Crippen LogP contribution in [0, 0.1) is 0 Å². The predicted molar refractivity (Wildman–Crippen MR) is 82.6 cm³/mol. The minimum atomic E-state index is 0.629. The largest absolute Gasteiger partial charge is 0.316 e. The fourth-order valence-electron chi connectivity index (χ4n) is 3.88. The molecule has 3 heteroatoms. The second kappa shape index (κ2) is 7.61. The van der Waals surface area contributed by atoms with Crippen molar-refractivity contribution in [2.24, 2.45) is 0 Å². The van der Waals surface area contributed by atoms with E-state index in [1.165, 1.54) is 64.6 Å². The average molecular weight is 267 g/mol. The van der Waals surface area contributed by atoms with Gasteiger partial charge in [-0.1, -0.05) is 12.8 Å². The predicted octanol–water partition coefficient (Wildman–Crippen LogP) is 2.32. The smallest absolute Gasteiger partial charge is 0.0246 e. The van der Waals surface area contributed by atoms with Crippen molar-refractivity contribution in [1.82, 2.24) is 15.1 Å². The van der Waals surface area contributed by atoms with Crippen LogP contribution in [-0.2, 0) is 0 Å². The summed E-state index contributed by atoms with van der Waals surface area (Å²) < 4.78 is 0. The van der Waals surface area contributed by atoms with Crippen LogP contribution in [0.4, 0.5) is 0 Å². The molecule has 2 saturated heterocycles. The quantitative estimate of drug-likeness (QED) is 0.825. The van der Waals surface area contributed by atoms with Gasteiger partial charge in [-0.25, -0.2) is 0 Å². The van der Waals surface area contributed by atoms with Gasteiger partial charge in [0.15, 0.2) is 0 Å². The first-order valence-electron chi connectivity index (χ1n) is 8.34. The van der Waals surface area contributed by atoms with E-state index >= 15 is 0 Å². The Kier molecular flexibility index (Phi) is 6.11. The topological polar surface area (TPSA) is 18.5 Å². The SMILES string of the molecule is CNC(C)C1CCCCN1CCC1CCCCN1C. The van der Waals surface area contributed by atoms with Crippen molar-refractivity contribution in [2.75, 3.05) is 33.7 Å². The molecule has 2 aliphatic rings. The Morgan fingerprint density at radius 1 is 1.11 bits per heavy atom. The van der Waals surface area contributed by atoms with Crippen molar-refractivity contribution >= 4 is 0 Å². The van der Waals surface area contributed by atoms with Crippen molar-refractivity contribution in [2.45, 2.75) is 70.0 Å². The number of likely N-dealkylation sites (N-methyl/N-ethyl adjacent to an activating group) is 1. The highest BCUT2D eigenvalue weighted by Gasteiger charge is 2.27. The molecule has 0 aromatic carbocycles. The van der Waals surface area contributed by atoms with Crippen molar-refractivity contribution < 1.29 is 0 Å². The van der Waals surface area contributed by atoms with Crippen LogP contribution in [0.1, 0.15) is 51.9 Å². The van der Waals surface area contributed by atoms with Crippen LogP contribution < -0.4 is 5.32 Å². The van der Waals surface area contributed by atoms with E-state index in [9.17, 15) is 0 Å². The molecule has 3 unspecified atom stereocenters. The zero-order valence-electron chi connectivity index (χ0n) is 13.2. The van der Waals surface area contributed by atoms with Gasteiger partial charge in [0, 0.05) is 18.1 Å². The molecule has 2 aliphatic heterocycles. The molecule has 0 spiro atoms. The van der Waals surface area contributed by atoms with E-state index in [0.29, 0.717) is 6.04 Å². The first kappa shape index (κ1) is 15.3. The Labute approximate surface area is 119 Å². The summed E-state index contributed by atoms with van der Waals surface area (Å²) in [7, 11) is 4.42. The maximum absolute atomic E-state index is 3.46. The highest BCUT2D eigenvalue weighted by molar-refractivity contribution is 4.85. The Balaban J connectivity index is 1.82. The Morgan fingerprint density at radius 3 is 2.58 bits per heavy atom. The van der Waals surface area contributed by atoms with Gasteiger partial charge in [-0.3, -0.25) is 4.90 Å². The van der Waals surface area contributed by atoms with Crippen LogP contribution in [0.25, 0.3) is 0 Å². The fourth-order valence-corrected chi connectivity index (χ4v) is 3.88. The van der Waals surface area contributed by atoms with E-state index in [0.717, 1.165) is 12.1 Å². The summed E-state index contributed by atoms with van der Waals surface area (Å²) in [6.45, 7) is 6.26. The summed E-state index contributed by atoms with van der Waals surface area (Å²) in [4.78, 5) is 5.34. The number of likely N-dealkylation sites (tertiary alicyclic amines) is 2. The molecule has 0 saturated carbocycles. The lowest BCUT2D eigenvalue weighted by Gasteiger charge is -2.41. The molecule has 19 heavy (non-hydrogen) atoms. The molecule has 0 amide bonds. The standard InChI is InChI=1S/C16H33N3/c1-14(17-2)16-9-5-7-12-19(16)13-10-15-8-4-6-11-18(15)3/h14-17H,4-13H2,1-3H3. The molecule has 112 valence electrons. The average Bonchev–Trinajstić information content (AvgIpc) is 2.46. The zero-order valence-corrected chi connectivity index (χ0v) is 13.2. The highest BCUT2D eigenvalue weighted by atomic mass is 15.2. The highest BCUT2D eigenvalue weighted by Crippen LogP contribution is 2.23. The molecule has 0 aromatic heterocycles. The van der Waals surface area contributed by atoms with E-state index in [4.69, 9.17) is 0 Å². The molecule has 3 atom stereocenters. The molecular formula is C16H33N3. The molecule has 0 aliphatic carbocycles.